The van der Waals surface area contributed by atoms with Gasteiger partial charge in [-0.1, -0.05) is 35.9 Å². The maximum atomic E-state index is 13.1. The Morgan fingerprint density at radius 3 is 2.29 bits per heavy atom. The van der Waals surface area contributed by atoms with Gasteiger partial charge in [0.2, 0.25) is 0 Å². The van der Waals surface area contributed by atoms with Crippen LogP contribution in [0.3, 0.4) is 0 Å². The Kier molecular flexibility index (Phi) is 9.02. The van der Waals surface area contributed by atoms with Gasteiger partial charge in [0.1, 0.15) is 23.5 Å². The zero-order chi connectivity index (χ0) is 28.9. The van der Waals surface area contributed by atoms with Crippen LogP contribution in [0.25, 0.3) is 0 Å². The molecular weight excluding hydrogens is 556 g/mol. The standard InChI is InChI=1S/C31H39ClN6O4/c1-2-40-27-8-4-3-7-25(27)36-16-11-34(12-17-36)15-20-38-31(39)30(32)26(21-33-38)37-18-13-35(14-19-37)22-24-23-41-28-9-5-6-10-29(28)42-24/h3-10,21,24H,2,11-20,22-23H2,1H3. The van der Waals surface area contributed by atoms with E-state index in [1.54, 1.807) is 6.20 Å². The van der Waals surface area contributed by atoms with E-state index in [1.165, 1.54) is 4.68 Å². The predicted octanol–water partition coefficient (Wildman–Crippen LogP) is 3.08. The van der Waals surface area contributed by atoms with Crippen LogP contribution in [0.15, 0.2) is 59.5 Å². The lowest BCUT2D eigenvalue weighted by molar-refractivity contribution is 0.0571. The largest absolute Gasteiger partial charge is 0.492 e. The van der Waals surface area contributed by atoms with Crippen molar-refractivity contribution in [3.63, 3.8) is 0 Å². The lowest BCUT2D eigenvalue weighted by Crippen LogP contribution is -2.51. The Morgan fingerprint density at radius 2 is 1.52 bits per heavy atom. The van der Waals surface area contributed by atoms with Crippen LogP contribution in [-0.4, -0.2) is 104 Å². The van der Waals surface area contributed by atoms with E-state index in [4.69, 9.17) is 25.8 Å². The summed E-state index contributed by atoms with van der Waals surface area (Å²) < 4.78 is 19.3. The topological polar surface area (TPSA) is 75.5 Å². The lowest BCUT2D eigenvalue weighted by Gasteiger charge is -2.38. The van der Waals surface area contributed by atoms with Crippen LogP contribution in [0.1, 0.15) is 6.92 Å². The van der Waals surface area contributed by atoms with Crippen molar-refractivity contribution in [3.05, 3.63) is 70.1 Å². The minimum absolute atomic E-state index is 0.00510. The SMILES string of the molecule is CCOc1ccccc1N1CCN(CCn2ncc(N3CCN(CC4COc5ccccc5O4)CC3)c(Cl)c2=O)CC1. The molecule has 3 aromatic rings. The van der Waals surface area contributed by atoms with Crippen LogP contribution in [0.4, 0.5) is 11.4 Å². The smallest absolute Gasteiger partial charge is 0.287 e. The summed E-state index contributed by atoms with van der Waals surface area (Å²) in [5, 5.41) is 4.75. The number of hydrogen-bond donors (Lipinski definition) is 0. The lowest BCUT2D eigenvalue weighted by atomic mass is 10.2. The number of halogens is 1. The first kappa shape index (κ1) is 28.6. The molecule has 2 saturated heterocycles. The molecule has 3 aliphatic rings. The van der Waals surface area contributed by atoms with Crippen molar-refractivity contribution in [2.45, 2.75) is 19.6 Å². The third-order valence-corrected chi connectivity index (χ3v) is 8.57. The molecule has 0 spiro atoms. The first-order valence-corrected chi connectivity index (χ1v) is 15.3. The fraction of sp³-hybridized carbons (Fsp3) is 0.484. The van der Waals surface area contributed by atoms with Crippen LogP contribution >= 0.6 is 11.6 Å². The van der Waals surface area contributed by atoms with Gasteiger partial charge in [0, 0.05) is 65.4 Å². The molecule has 224 valence electrons. The number of para-hydroxylation sites is 4. The minimum atomic E-state index is -0.229. The molecule has 0 saturated carbocycles. The summed E-state index contributed by atoms with van der Waals surface area (Å²) in [6, 6.07) is 16.0. The Bertz CT molecular complexity index is 1400. The van der Waals surface area contributed by atoms with Gasteiger partial charge in [-0.05, 0) is 31.2 Å². The van der Waals surface area contributed by atoms with Gasteiger partial charge in [0.05, 0.1) is 30.7 Å². The van der Waals surface area contributed by atoms with Crippen LogP contribution in [-0.2, 0) is 6.54 Å². The van der Waals surface area contributed by atoms with Gasteiger partial charge in [-0.25, -0.2) is 4.68 Å². The Morgan fingerprint density at radius 1 is 0.857 bits per heavy atom. The van der Waals surface area contributed by atoms with E-state index >= 15 is 0 Å². The fourth-order valence-electron chi connectivity index (χ4n) is 5.89. The highest BCUT2D eigenvalue weighted by atomic mass is 35.5. The Labute approximate surface area is 251 Å². The normalized spacial score (nSPS) is 19.6. The quantitative estimate of drug-likeness (QED) is 0.371. The van der Waals surface area contributed by atoms with E-state index in [1.807, 2.05) is 43.3 Å². The van der Waals surface area contributed by atoms with Gasteiger partial charge in [-0.15, -0.1) is 0 Å². The summed E-state index contributed by atoms with van der Waals surface area (Å²) in [6.07, 6.45) is 1.74. The molecule has 42 heavy (non-hydrogen) atoms. The summed E-state index contributed by atoms with van der Waals surface area (Å²) >= 11 is 6.62. The number of ether oxygens (including phenoxy) is 3. The highest BCUT2D eigenvalue weighted by Gasteiger charge is 2.27. The van der Waals surface area contributed by atoms with Crippen LogP contribution in [0.5, 0.6) is 17.2 Å². The molecule has 0 N–H and O–H groups in total. The zero-order valence-electron chi connectivity index (χ0n) is 24.2. The number of rotatable bonds is 9. The maximum absolute atomic E-state index is 13.1. The van der Waals surface area contributed by atoms with Crippen LogP contribution < -0.4 is 29.6 Å². The van der Waals surface area contributed by atoms with Crippen molar-refractivity contribution < 1.29 is 14.2 Å². The molecule has 0 radical (unpaired) electrons. The van der Waals surface area contributed by atoms with Gasteiger partial charge in [0.15, 0.2) is 11.5 Å². The molecule has 0 amide bonds. The monoisotopic (exact) mass is 594 g/mol. The minimum Gasteiger partial charge on any atom is -0.492 e. The summed E-state index contributed by atoms with van der Waals surface area (Å²) in [7, 11) is 0. The molecule has 6 rings (SSSR count). The van der Waals surface area contributed by atoms with E-state index in [0.29, 0.717) is 25.4 Å². The van der Waals surface area contributed by atoms with Crippen molar-refractivity contribution in [2.75, 3.05) is 88.5 Å². The number of piperazine rings is 2. The summed E-state index contributed by atoms with van der Waals surface area (Å²) in [4.78, 5) is 22.4. The molecule has 4 heterocycles. The van der Waals surface area contributed by atoms with Crippen molar-refractivity contribution >= 4 is 23.0 Å². The maximum Gasteiger partial charge on any atom is 0.287 e. The molecule has 2 fully saturated rings. The molecule has 0 aliphatic carbocycles. The van der Waals surface area contributed by atoms with E-state index in [0.717, 1.165) is 88.4 Å². The number of nitrogens with zero attached hydrogens (tertiary/aromatic N) is 6. The molecule has 1 aromatic heterocycles. The number of anilines is 2. The molecule has 10 nitrogen and oxygen atoms in total. The van der Waals surface area contributed by atoms with E-state index < -0.39 is 0 Å². The van der Waals surface area contributed by atoms with Gasteiger partial charge in [0.25, 0.3) is 5.56 Å². The molecule has 3 aliphatic heterocycles. The second kappa shape index (κ2) is 13.2. The van der Waals surface area contributed by atoms with Gasteiger partial charge < -0.3 is 24.0 Å². The molecular formula is C31H39ClN6O4. The molecule has 1 unspecified atom stereocenters. The van der Waals surface area contributed by atoms with Gasteiger partial charge >= 0.3 is 0 Å². The molecule has 2 aromatic carbocycles. The number of hydrogen-bond acceptors (Lipinski definition) is 9. The summed E-state index contributed by atoms with van der Waals surface area (Å²) in [5.74, 6) is 2.54. The summed E-state index contributed by atoms with van der Waals surface area (Å²) in [5.41, 5.74) is 1.62. The van der Waals surface area contributed by atoms with Crippen LogP contribution in [0, 0.1) is 0 Å². The Balaban J connectivity index is 0.977. The van der Waals surface area contributed by atoms with Gasteiger partial charge in [-0.2, -0.15) is 5.10 Å². The van der Waals surface area contributed by atoms with Gasteiger partial charge in [-0.3, -0.25) is 14.6 Å². The molecule has 0 bridgehead atoms. The van der Waals surface area contributed by atoms with Crippen molar-refractivity contribution in [1.29, 1.82) is 0 Å². The van der Waals surface area contributed by atoms with E-state index in [2.05, 4.69) is 36.8 Å². The first-order chi connectivity index (χ1) is 20.6. The third-order valence-electron chi connectivity index (χ3n) is 8.21. The van der Waals surface area contributed by atoms with Crippen molar-refractivity contribution in [1.82, 2.24) is 19.6 Å². The van der Waals surface area contributed by atoms with E-state index in [-0.39, 0.29) is 16.7 Å². The number of fused-ring (bicyclic) bond motifs is 1. The second-order valence-electron chi connectivity index (χ2n) is 10.9. The predicted molar refractivity (Wildman–Crippen MR) is 165 cm³/mol. The summed E-state index contributed by atoms with van der Waals surface area (Å²) in [6.45, 7) is 12.1. The number of benzene rings is 2. The molecule has 1 atom stereocenters. The number of aromatic nitrogens is 2. The van der Waals surface area contributed by atoms with E-state index in [9.17, 15) is 4.79 Å². The third kappa shape index (κ3) is 6.45. The zero-order valence-corrected chi connectivity index (χ0v) is 24.9. The highest BCUT2D eigenvalue weighted by molar-refractivity contribution is 6.33. The Hall–Kier alpha value is -3.47. The van der Waals surface area contributed by atoms with Crippen molar-refractivity contribution in [2.24, 2.45) is 0 Å². The second-order valence-corrected chi connectivity index (χ2v) is 11.3. The average molecular weight is 595 g/mol. The first-order valence-electron chi connectivity index (χ1n) is 14.9. The fourth-order valence-corrected chi connectivity index (χ4v) is 6.16. The van der Waals surface area contributed by atoms with Crippen LogP contribution in [0.2, 0.25) is 5.02 Å². The van der Waals surface area contributed by atoms with Crippen molar-refractivity contribution in [3.8, 4) is 17.2 Å². The molecule has 11 heteroatoms. The average Bonchev–Trinajstić information content (AvgIpc) is 3.03. The highest BCUT2D eigenvalue weighted by Crippen LogP contribution is 2.31.